The van der Waals surface area contributed by atoms with Crippen LogP contribution in [0.5, 0.6) is 11.5 Å². The van der Waals surface area contributed by atoms with Crippen molar-refractivity contribution >= 4 is 23.8 Å². The summed E-state index contributed by atoms with van der Waals surface area (Å²) in [6, 6.07) is 36.0. The lowest BCUT2D eigenvalue weighted by molar-refractivity contribution is 0.397. The molecule has 2 nitrogen and oxygen atoms in total. The van der Waals surface area contributed by atoms with Crippen LogP contribution < -0.4 is 25.4 Å². The van der Waals surface area contributed by atoms with Crippen molar-refractivity contribution in [2.45, 2.75) is 0 Å². The zero-order valence-electron chi connectivity index (χ0n) is 16.6. The average molecular weight is 398 g/mol. The second kappa shape index (κ2) is 8.94. The van der Waals surface area contributed by atoms with Crippen LogP contribution >= 0.6 is 7.92 Å². The average Bonchev–Trinajstić information content (AvgIpc) is 2.80. The zero-order chi connectivity index (χ0) is 20.1. The van der Waals surface area contributed by atoms with Gasteiger partial charge in [0.05, 0.1) is 19.8 Å². The second-order valence-corrected chi connectivity index (χ2v) is 8.75. The fraction of sp³-hybridized carbons (Fsp3) is 0.0769. The van der Waals surface area contributed by atoms with E-state index in [4.69, 9.17) is 9.47 Å². The molecule has 0 saturated heterocycles. The molecule has 3 heteroatoms. The highest BCUT2D eigenvalue weighted by atomic mass is 31.1. The molecule has 0 aliphatic rings. The summed E-state index contributed by atoms with van der Waals surface area (Å²) in [6.45, 7) is 0. The van der Waals surface area contributed by atoms with Crippen LogP contribution in [0, 0.1) is 0 Å². The molecule has 0 aliphatic heterocycles. The first-order valence-electron chi connectivity index (χ1n) is 9.54. The van der Waals surface area contributed by atoms with Gasteiger partial charge in [-0.25, -0.2) is 0 Å². The normalized spacial score (nSPS) is 10.7. The fourth-order valence-corrected chi connectivity index (χ4v) is 6.04. The Bertz CT molecular complexity index is 1020. The van der Waals surface area contributed by atoms with Crippen LogP contribution in [0.1, 0.15) is 0 Å². The highest BCUT2D eigenvalue weighted by Crippen LogP contribution is 2.43. The summed E-state index contributed by atoms with van der Waals surface area (Å²) >= 11 is 0. The molecule has 29 heavy (non-hydrogen) atoms. The van der Waals surface area contributed by atoms with Crippen molar-refractivity contribution in [3.63, 3.8) is 0 Å². The van der Waals surface area contributed by atoms with Crippen molar-refractivity contribution in [3.8, 4) is 22.6 Å². The molecule has 0 heterocycles. The van der Waals surface area contributed by atoms with Crippen LogP contribution in [0.15, 0.2) is 103 Å². The molecule has 0 fully saturated rings. The number of rotatable bonds is 6. The van der Waals surface area contributed by atoms with E-state index in [0.717, 1.165) is 22.6 Å². The summed E-state index contributed by atoms with van der Waals surface area (Å²) in [6.07, 6.45) is 0. The molecule has 0 atom stereocenters. The van der Waals surface area contributed by atoms with Crippen LogP contribution in [0.4, 0.5) is 0 Å². The fourth-order valence-electron chi connectivity index (χ4n) is 3.58. The quantitative estimate of drug-likeness (QED) is 0.419. The molecule has 0 unspecified atom stereocenters. The molecule has 4 aromatic rings. The SMILES string of the molecule is COc1cccc(OC)c1-c1ccccc1P(c1ccccc1)c1ccccc1. The van der Waals surface area contributed by atoms with Crippen LogP contribution in [0.3, 0.4) is 0 Å². The molecule has 0 amide bonds. The summed E-state index contributed by atoms with van der Waals surface area (Å²) in [4.78, 5) is 0. The molecule has 0 radical (unpaired) electrons. The maximum Gasteiger partial charge on any atom is 0.130 e. The maximum atomic E-state index is 5.72. The van der Waals surface area contributed by atoms with Crippen molar-refractivity contribution < 1.29 is 9.47 Å². The molecule has 0 aliphatic carbocycles. The van der Waals surface area contributed by atoms with Crippen LogP contribution in [0.25, 0.3) is 11.1 Å². The Labute approximate surface area is 173 Å². The van der Waals surface area contributed by atoms with Gasteiger partial charge in [-0.3, -0.25) is 0 Å². The second-order valence-electron chi connectivity index (χ2n) is 6.56. The van der Waals surface area contributed by atoms with Crippen molar-refractivity contribution in [2.24, 2.45) is 0 Å². The van der Waals surface area contributed by atoms with Crippen molar-refractivity contribution in [1.82, 2.24) is 0 Å². The molecular weight excluding hydrogens is 375 g/mol. The first-order valence-corrected chi connectivity index (χ1v) is 10.9. The molecule has 0 spiro atoms. The predicted molar refractivity (Wildman–Crippen MR) is 124 cm³/mol. The van der Waals surface area contributed by atoms with Gasteiger partial charge in [0.15, 0.2) is 0 Å². The van der Waals surface area contributed by atoms with E-state index in [1.165, 1.54) is 15.9 Å². The van der Waals surface area contributed by atoms with Gasteiger partial charge in [-0.2, -0.15) is 0 Å². The summed E-state index contributed by atoms with van der Waals surface area (Å²) in [5, 5.41) is 3.91. The molecule has 144 valence electrons. The van der Waals surface area contributed by atoms with Gasteiger partial charge in [0.25, 0.3) is 0 Å². The van der Waals surface area contributed by atoms with Crippen LogP contribution in [-0.2, 0) is 0 Å². The van der Waals surface area contributed by atoms with Crippen molar-refractivity contribution in [1.29, 1.82) is 0 Å². The largest absolute Gasteiger partial charge is 0.496 e. The highest BCUT2D eigenvalue weighted by Gasteiger charge is 2.23. The molecule has 4 rings (SSSR count). The first kappa shape index (κ1) is 19.2. The van der Waals surface area contributed by atoms with Crippen LogP contribution in [-0.4, -0.2) is 14.2 Å². The molecular formula is C26H23O2P. The molecule has 0 saturated carbocycles. The minimum Gasteiger partial charge on any atom is -0.496 e. The summed E-state index contributed by atoms with van der Waals surface area (Å²) in [5.74, 6) is 1.63. The van der Waals surface area contributed by atoms with Gasteiger partial charge < -0.3 is 9.47 Å². The lowest BCUT2D eigenvalue weighted by Gasteiger charge is -2.24. The Morgan fingerprint density at radius 1 is 0.517 bits per heavy atom. The predicted octanol–water partition coefficient (Wildman–Crippen LogP) is 5.13. The van der Waals surface area contributed by atoms with E-state index in [1.807, 2.05) is 18.2 Å². The van der Waals surface area contributed by atoms with E-state index < -0.39 is 7.92 Å². The number of ether oxygens (including phenoxy) is 2. The van der Waals surface area contributed by atoms with E-state index in [1.54, 1.807) is 14.2 Å². The lowest BCUT2D eigenvalue weighted by Crippen LogP contribution is -2.22. The number of hydrogen-bond acceptors (Lipinski definition) is 2. The van der Waals surface area contributed by atoms with Crippen molar-refractivity contribution in [2.75, 3.05) is 14.2 Å². The topological polar surface area (TPSA) is 18.5 Å². The molecule has 4 aromatic carbocycles. The van der Waals surface area contributed by atoms with E-state index in [-0.39, 0.29) is 0 Å². The summed E-state index contributed by atoms with van der Waals surface area (Å²) in [7, 11) is 2.68. The van der Waals surface area contributed by atoms with Gasteiger partial charge in [0.2, 0.25) is 0 Å². The first-order chi connectivity index (χ1) is 14.3. The third kappa shape index (κ3) is 3.90. The van der Waals surface area contributed by atoms with E-state index in [9.17, 15) is 0 Å². The van der Waals surface area contributed by atoms with Gasteiger partial charge >= 0.3 is 0 Å². The maximum absolute atomic E-state index is 5.72. The minimum atomic E-state index is -0.736. The van der Waals surface area contributed by atoms with Crippen LogP contribution in [0.2, 0.25) is 0 Å². The van der Waals surface area contributed by atoms with Gasteiger partial charge in [0, 0.05) is 0 Å². The standard InChI is InChI=1S/C26H23O2P/c1-27-23-17-11-18-24(28-2)26(23)22-16-9-10-19-25(22)29(20-12-5-3-6-13-20)21-14-7-4-8-15-21/h3-19H,1-2H3. The van der Waals surface area contributed by atoms with E-state index in [2.05, 4.69) is 84.9 Å². The van der Waals surface area contributed by atoms with Gasteiger partial charge in [-0.1, -0.05) is 91.0 Å². The Kier molecular flexibility index (Phi) is 5.93. The monoisotopic (exact) mass is 398 g/mol. The zero-order valence-corrected chi connectivity index (χ0v) is 17.5. The van der Waals surface area contributed by atoms with Crippen molar-refractivity contribution in [3.05, 3.63) is 103 Å². The Balaban J connectivity index is 1.99. The third-order valence-corrected chi connectivity index (χ3v) is 7.37. The van der Waals surface area contributed by atoms with E-state index >= 15 is 0 Å². The van der Waals surface area contributed by atoms with E-state index in [0.29, 0.717) is 0 Å². The number of benzene rings is 4. The summed E-state index contributed by atoms with van der Waals surface area (Å²) in [5.41, 5.74) is 2.13. The van der Waals surface area contributed by atoms with Gasteiger partial charge in [-0.15, -0.1) is 0 Å². The minimum absolute atomic E-state index is 0.736. The molecule has 0 aromatic heterocycles. The smallest absolute Gasteiger partial charge is 0.130 e. The van der Waals surface area contributed by atoms with Gasteiger partial charge in [0.1, 0.15) is 11.5 Å². The van der Waals surface area contributed by atoms with Gasteiger partial charge in [-0.05, 0) is 41.5 Å². The Hall–Kier alpha value is -3.09. The Morgan fingerprint density at radius 2 is 1.00 bits per heavy atom. The Morgan fingerprint density at radius 3 is 1.52 bits per heavy atom. The third-order valence-electron chi connectivity index (χ3n) is 4.87. The number of hydrogen-bond donors (Lipinski definition) is 0. The molecule has 0 N–H and O–H groups in total. The number of methoxy groups -OCH3 is 2. The lowest BCUT2D eigenvalue weighted by atomic mass is 10.0. The highest BCUT2D eigenvalue weighted by molar-refractivity contribution is 7.80. The summed E-state index contributed by atoms with van der Waals surface area (Å²) < 4.78 is 11.4. The molecule has 0 bridgehead atoms.